The number of carboxylic acid groups (broad SMARTS) is 1. The van der Waals surface area contributed by atoms with Crippen LogP contribution in [0.1, 0.15) is 21.6 Å². The highest BCUT2D eigenvalue weighted by molar-refractivity contribution is 6.33. The van der Waals surface area contributed by atoms with Gasteiger partial charge in [-0.2, -0.15) is 5.10 Å². The van der Waals surface area contributed by atoms with E-state index in [1.165, 1.54) is 10.7 Å². The van der Waals surface area contributed by atoms with Crippen LogP contribution < -0.4 is 0 Å². The lowest BCUT2D eigenvalue weighted by Gasteiger charge is -2.12. The molecule has 0 bridgehead atoms. The Morgan fingerprint density at radius 3 is 2.53 bits per heavy atom. The molecule has 2 aromatic rings. The van der Waals surface area contributed by atoms with E-state index in [4.69, 9.17) is 16.7 Å². The van der Waals surface area contributed by atoms with Crippen LogP contribution in [-0.4, -0.2) is 26.0 Å². The Morgan fingerprint density at radius 1 is 1.37 bits per heavy atom. The molecule has 0 aliphatic rings. The summed E-state index contributed by atoms with van der Waals surface area (Å²) in [6.45, 7) is 3.60. The van der Waals surface area contributed by atoms with E-state index >= 15 is 0 Å². The first-order chi connectivity index (χ1) is 8.82. The summed E-state index contributed by atoms with van der Waals surface area (Å²) in [7, 11) is 1.67. The fourth-order valence-electron chi connectivity index (χ4n) is 2.14. The first-order valence-electron chi connectivity index (χ1n) is 5.59. The van der Waals surface area contributed by atoms with E-state index in [0.717, 1.165) is 11.1 Å². The molecule has 0 radical (unpaired) electrons. The number of carbonyl (C=O) groups is 1. The molecule has 2 rings (SSSR count). The molecular weight excluding hydrogens is 268 g/mol. The van der Waals surface area contributed by atoms with Gasteiger partial charge in [0.15, 0.2) is 5.69 Å². The highest BCUT2D eigenvalue weighted by Gasteiger charge is 2.18. The second-order valence-corrected chi connectivity index (χ2v) is 4.75. The van der Waals surface area contributed by atoms with Crippen LogP contribution in [0.2, 0.25) is 5.02 Å². The molecule has 0 aliphatic heterocycles. The third kappa shape index (κ3) is 2.17. The second kappa shape index (κ2) is 4.59. The maximum atomic E-state index is 10.9. The van der Waals surface area contributed by atoms with Gasteiger partial charge in [0.2, 0.25) is 0 Å². The fourth-order valence-corrected chi connectivity index (χ4v) is 2.29. The summed E-state index contributed by atoms with van der Waals surface area (Å²) in [6, 6.07) is 3.04. The van der Waals surface area contributed by atoms with Gasteiger partial charge >= 0.3 is 5.97 Å². The largest absolute Gasteiger partial charge is 0.506 e. The number of benzene rings is 1. The summed E-state index contributed by atoms with van der Waals surface area (Å²) in [5.74, 6) is -1.07. The van der Waals surface area contributed by atoms with Crippen LogP contribution in [0.15, 0.2) is 12.1 Å². The summed E-state index contributed by atoms with van der Waals surface area (Å²) in [6.07, 6.45) is 0. The summed E-state index contributed by atoms with van der Waals surface area (Å²) in [4.78, 5) is 10.9. The number of rotatable bonds is 2. The minimum Gasteiger partial charge on any atom is -0.506 e. The topological polar surface area (TPSA) is 75.3 Å². The second-order valence-electron chi connectivity index (χ2n) is 4.37. The molecule has 6 heteroatoms. The van der Waals surface area contributed by atoms with Crippen molar-refractivity contribution in [1.29, 1.82) is 0 Å². The number of aromatic hydroxyl groups is 1. The SMILES string of the molecule is Cc1cc(O)c(Cl)c(C)c1-c1cc(C(=O)O)nn1C. The van der Waals surface area contributed by atoms with Gasteiger partial charge in [-0.1, -0.05) is 11.6 Å². The van der Waals surface area contributed by atoms with E-state index in [2.05, 4.69) is 5.10 Å². The highest BCUT2D eigenvalue weighted by Crippen LogP contribution is 2.37. The Kier molecular flexibility index (Phi) is 3.24. The number of phenolic OH excluding ortho intramolecular Hbond substituents is 1. The normalized spacial score (nSPS) is 10.7. The van der Waals surface area contributed by atoms with Crippen molar-refractivity contribution in [2.45, 2.75) is 13.8 Å². The van der Waals surface area contributed by atoms with Crippen molar-refractivity contribution in [2.75, 3.05) is 0 Å². The van der Waals surface area contributed by atoms with Crippen LogP contribution in [0, 0.1) is 13.8 Å². The summed E-state index contributed by atoms with van der Waals surface area (Å²) in [5.41, 5.74) is 2.90. The van der Waals surface area contributed by atoms with Gasteiger partial charge in [-0.3, -0.25) is 4.68 Å². The van der Waals surface area contributed by atoms with Gasteiger partial charge in [-0.05, 0) is 37.1 Å². The minimum absolute atomic E-state index is 0.0149. The molecule has 1 aromatic heterocycles. The minimum atomic E-state index is -1.08. The predicted octanol–water partition coefficient (Wildman–Crippen LogP) is 2.76. The number of aromatic nitrogens is 2. The Labute approximate surface area is 115 Å². The third-order valence-electron chi connectivity index (χ3n) is 3.03. The number of phenols is 1. The lowest BCUT2D eigenvalue weighted by atomic mass is 9.99. The molecule has 0 amide bonds. The standard InChI is InChI=1S/C13H13ClN2O3/c1-6-4-10(17)12(14)7(2)11(6)9-5-8(13(18)19)15-16(9)3/h4-5,17H,1-3H3,(H,18,19). The number of halogens is 1. The molecule has 0 unspecified atom stereocenters. The average Bonchev–Trinajstić information content (AvgIpc) is 2.69. The maximum Gasteiger partial charge on any atom is 0.356 e. The van der Waals surface area contributed by atoms with E-state index in [1.807, 2.05) is 6.92 Å². The first-order valence-corrected chi connectivity index (χ1v) is 5.97. The van der Waals surface area contributed by atoms with E-state index in [-0.39, 0.29) is 16.5 Å². The molecule has 1 aromatic carbocycles. The number of aryl methyl sites for hydroxylation is 2. The molecule has 1 heterocycles. The van der Waals surface area contributed by atoms with Crippen LogP contribution in [-0.2, 0) is 7.05 Å². The van der Waals surface area contributed by atoms with E-state index in [1.54, 1.807) is 20.0 Å². The molecule has 0 saturated carbocycles. The Balaban J connectivity index is 2.72. The monoisotopic (exact) mass is 280 g/mol. The Morgan fingerprint density at radius 2 is 2.00 bits per heavy atom. The van der Waals surface area contributed by atoms with Crippen molar-refractivity contribution in [3.8, 4) is 17.0 Å². The summed E-state index contributed by atoms with van der Waals surface area (Å²) in [5, 5.41) is 22.8. The van der Waals surface area contributed by atoms with Crippen molar-refractivity contribution < 1.29 is 15.0 Å². The lowest BCUT2D eigenvalue weighted by Crippen LogP contribution is -2.00. The molecule has 0 saturated heterocycles. The predicted molar refractivity (Wildman–Crippen MR) is 71.8 cm³/mol. The molecule has 0 spiro atoms. The zero-order chi connectivity index (χ0) is 14.3. The summed E-state index contributed by atoms with van der Waals surface area (Å²) >= 11 is 6.03. The van der Waals surface area contributed by atoms with Gasteiger partial charge in [0, 0.05) is 12.6 Å². The first kappa shape index (κ1) is 13.4. The van der Waals surface area contributed by atoms with Crippen molar-refractivity contribution in [3.63, 3.8) is 0 Å². The molecule has 5 nitrogen and oxygen atoms in total. The van der Waals surface area contributed by atoms with Crippen molar-refractivity contribution in [3.05, 3.63) is 34.0 Å². The van der Waals surface area contributed by atoms with Crippen LogP contribution in [0.5, 0.6) is 5.75 Å². The maximum absolute atomic E-state index is 10.9. The number of hydrogen-bond acceptors (Lipinski definition) is 3. The van der Waals surface area contributed by atoms with Crippen LogP contribution in [0.3, 0.4) is 0 Å². The van der Waals surface area contributed by atoms with Crippen molar-refractivity contribution in [2.24, 2.45) is 7.05 Å². The molecule has 2 N–H and O–H groups in total. The third-order valence-corrected chi connectivity index (χ3v) is 3.51. The van der Waals surface area contributed by atoms with Gasteiger partial charge in [-0.25, -0.2) is 4.79 Å². The quantitative estimate of drug-likeness (QED) is 0.887. The average molecular weight is 281 g/mol. The Bertz CT molecular complexity index is 677. The molecule has 0 aliphatic carbocycles. The van der Waals surface area contributed by atoms with Gasteiger partial charge in [0.1, 0.15) is 5.75 Å². The van der Waals surface area contributed by atoms with Crippen LogP contribution >= 0.6 is 11.6 Å². The molecule has 19 heavy (non-hydrogen) atoms. The fraction of sp³-hybridized carbons (Fsp3) is 0.231. The Hall–Kier alpha value is -2.01. The van der Waals surface area contributed by atoms with Crippen LogP contribution in [0.25, 0.3) is 11.3 Å². The van der Waals surface area contributed by atoms with Gasteiger partial charge in [0.25, 0.3) is 0 Å². The van der Waals surface area contributed by atoms with Crippen LogP contribution in [0.4, 0.5) is 0 Å². The molecular formula is C13H13ClN2O3. The number of aromatic carboxylic acids is 1. The molecule has 0 atom stereocenters. The molecule has 0 fully saturated rings. The summed E-state index contributed by atoms with van der Waals surface area (Å²) < 4.78 is 1.49. The molecule has 100 valence electrons. The lowest BCUT2D eigenvalue weighted by molar-refractivity contribution is 0.0689. The number of hydrogen-bond donors (Lipinski definition) is 2. The van der Waals surface area contributed by atoms with Gasteiger partial charge in [-0.15, -0.1) is 0 Å². The van der Waals surface area contributed by atoms with Gasteiger partial charge in [0.05, 0.1) is 10.7 Å². The number of carboxylic acids is 1. The van der Waals surface area contributed by atoms with Gasteiger partial charge < -0.3 is 10.2 Å². The van der Waals surface area contributed by atoms with E-state index < -0.39 is 5.97 Å². The number of nitrogens with zero attached hydrogens (tertiary/aromatic N) is 2. The zero-order valence-electron chi connectivity index (χ0n) is 10.7. The van der Waals surface area contributed by atoms with Crippen molar-refractivity contribution >= 4 is 17.6 Å². The highest BCUT2D eigenvalue weighted by atomic mass is 35.5. The van der Waals surface area contributed by atoms with Crippen molar-refractivity contribution in [1.82, 2.24) is 9.78 Å². The smallest absolute Gasteiger partial charge is 0.356 e. The van der Waals surface area contributed by atoms with E-state index in [9.17, 15) is 9.90 Å². The van der Waals surface area contributed by atoms with E-state index in [0.29, 0.717) is 11.3 Å². The zero-order valence-corrected chi connectivity index (χ0v) is 11.5.